The smallest absolute Gasteiger partial charge is 0.213 e. The molecule has 2 heterocycles. The van der Waals surface area contributed by atoms with Gasteiger partial charge in [-0.25, -0.2) is 9.97 Å². The second-order valence-corrected chi connectivity index (χ2v) is 8.26. The number of thiazole rings is 1. The number of hydrogen-bond donors (Lipinski definition) is 2. The molecule has 0 radical (unpaired) electrons. The molecule has 2 aromatic rings. The van der Waals surface area contributed by atoms with E-state index in [0.29, 0.717) is 12.6 Å². The second-order valence-electron chi connectivity index (χ2n) is 7.06. The molecule has 0 saturated heterocycles. The van der Waals surface area contributed by atoms with Crippen LogP contribution in [0.4, 0.5) is 0 Å². The maximum atomic E-state index is 6.06. The molecule has 152 valence electrons. The Kier molecular flexibility index (Phi) is 8.08. The summed E-state index contributed by atoms with van der Waals surface area (Å²) in [6.45, 7) is 3.65. The first-order chi connectivity index (χ1) is 13.8. The Morgan fingerprint density at radius 2 is 2.11 bits per heavy atom. The third kappa shape index (κ3) is 6.48. The Balaban J connectivity index is 1.43. The zero-order chi connectivity index (χ0) is 19.6. The Morgan fingerprint density at radius 3 is 2.86 bits per heavy atom. The number of aliphatic imine (C=N–C) groups is 1. The van der Waals surface area contributed by atoms with Crippen LogP contribution < -0.4 is 15.4 Å². The highest BCUT2D eigenvalue weighted by Crippen LogP contribution is 2.22. The lowest BCUT2D eigenvalue weighted by Gasteiger charge is -2.22. The third-order valence-corrected chi connectivity index (χ3v) is 6.11. The van der Waals surface area contributed by atoms with Crippen LogP contribution in [0, 0.1) is 0 Å². The van der Waals surface area contributed by atoms with Crippen LogP contribution in [0.1, 0.15) is 54.5 Å². The molecular formula is C21H31N5OS. The molecule has 1 aliphatic carbocycles. The number of aromatic nitrogens is 2. The summed E-state index contributed by atoms with van der Waals surface area (Å²) in [7, 11) is 1.79. The molecule has 0 atom stereocenters. The van der Waals surface area contributed by atoms with Gasteiger partial charge >= 0.3 is 0 Å². The first kappa shape index (κ1) is 20.6. The summed E-state index contributed by atoms with van der Waals surface area (Å²) in [5.41, 5.74) is 1.14. The van der Waals surface area contributed by atoms with E-state index in [1.807, 2.05) is 24.5 Å². The van der Waals surface area contributed by atoms with E-state index in [2.05, 4.69) is 32.5 Å². The molecule has 0 unspecified atom stereocenters. The zero-order valence-corrected chi connectivity index (χ0v) is 17.7. The van der Waals surface area contributed by atoms with Crippen molar-refractivity contribution >= 4 is 17.3 Å². The minimum Gasteiger partial charge on any atom is -0.474 e. The van der Waals surface area contributed by atoms with Crippen LogP contribution in [0.3, 0.4) is 0 Å². The van der Waals surface area contributed by atoms with Crippen LogP contribution in [0.2, 0.25) is 0 Å². The number of aryl methyl sites for hydroxylation is 1. The van der Waals surface area contributed by atoms with E-state index < -0.39 is 0 Å². The summed E-state index contributed by atoms with van der Waals surface area (Å²) in [5, 5.41) is 7.88. The van der Waals surface area contributed by atoms with E-state index in [1.165, 1.54) is 29.1 Å². The standard InChI is InChI=1S/C21H31N5OS/c1-3-18-15-25-20(28-18)10-12-24-21(22-2)26-14-16-9-11-23-19(13-16)27-17-7-5-4-6-8-17/h9,11,13,15,17H,3-8,10,12,14H2,1-2H3,(H2,22,24,26). The van der Waals surface area contributed by atoms with Crippen LogP contribution in [0.5, 0.6) is 5.88 Å². The molecular weight excluding hydrogens is 370 g/mol. The number of rotatable bonds is 8. The predicted octanol–water partition coefficient (Wildman–Crippen LogP) is 3.72. The van der Waals surface area contributed by atoms with Crippen molar-refractivity contribution in [2.24, 2.45) is 4.99 Å². The van der Waals surface area contributed by atoms with Gasteiger partial charge in [-0.15, -0.1) is 11.3 Å². The summed E-state index contributed by atoms with van der Waals surface area (Å²) in [6.07, 6.45) is 12.2. The number of nitrogens with one attached hydrogen (secondary N) is 2. The number of hydrogen-bond acceptors (Lipinski definition) is 5. The molecule has 28 heavy (non-hydrogen) atoms. The largest absolute Gasteiger partial charge is 0.474 e. The Hall–Kier alpha value is -2.15. The summed E-state index contributed by atoms with van der Waals surface area (Å²) in [6, 6.07) is 4.03. The van der Waals surface area contributed by atoms with E-state index in [0.717, 1.165) is 49.6 Å². The van der Waals surface area contributed by atoms with E-state index in [-0.39, 0.29) is 0 Å². The lowest BCUT2D eigenvalue weighted by Crippen LogP contribution is -2.37. The molecule has 6 nitrogen and oxygen atoms in total. The molecule has 7 heteroatoms. The van der Waals surface area contributed by atoms with Gasteiger partial charge in [0, 0.05) is 49.9 Å². The normalized spacial score (nSPS) is 15.4. The van der Waals surface area contributed by atoms with Gasteiger partial charge in [-0.3, -0.25) is 4.99 Å². The molecule has 3 rings (SSSR count). The average molecular weight is 402 g/mol. The molecule has 0 aliphatic heterocycles. The fourth-order valence-corrected chi connectivity index (χ4v) is 4.16. The summed E-state index contributed by atoms with van der Waals surface area (Å²) < 4.78 is 6.06. The van der Waals surface area contributed by atoms with Gasteiger partial charge < -0.3 is 15.4 Å². The van der Waals surface area contributed by atoms with Gasteiger partial charge in [0.15, 0.2) is 5.96 Å². The van der Waals surface area contributed by atoms with E-state index in [4.69, 9.17) is 4.74 Å². The number of guanidine groups is 1. The van der Waals surface area contributed by atoms with Crippen molar-refractivity contribution in [2.75, 3.05) is 13.6 Å². The fourth-order valence-electron chi connectivity index (χ4n) is 3.30. The van der Waals surface area contributed by atoms with Crippen molar-refractivity contribution in [3.8, 4) is 5.88 Å². The number of ether oxygens (including phenoxy) is 1. The minimum atomic E-state index is 0.318. The van der Waals surface area contributed by atoms with Crippen LogP contribution >= 0.6 is 11.3 Å². The van der Waals surface area contributed by atoms with Crippen molar-refractivity contribution in [2.45, 2.75) is 64.5 Å². The SMILES string of the molecule is CCc1cnc(CCNC(=NC)NCc2ccnc(OC3CCCCC3)c2)s1. The second kappa shape index (κ2) is 11.0. The molecule has 0 aromatic carbocycles. The molecule has 2 aromatic heterocycles. The molecule has 0 amide bonds. The predicted molar refractivity (Wildman–Crippen MR) is 115 cm³/mol. The number of pyridine rings is 1. The molecule has 1 saturated carbocycles. The monoisotopic (exact) mass is 401 g/mol. The van der Waals surface area contributed by atoms with Crippen molar-refractivity contribution in [3.05, 3.63) is 40.0 Å². The van der Waals surface area contributed by atoms with Gasteiger partial charge in [0.1, 0.15) is 6.10 Å². The lowest BCUT2D eigenvalue weighted by atomic mass is 9.98. The van der Waals surface area contributed by atoms with Crippen LogP contribution in [-0.2, 0) is 19.4 Å². The third-order valence-electron chi connectivity index (χ3n) is 4.90. The van der Waals surface area contributed by atoms with Gasteiger partial charge in [-0.2, -0.15) is 0 Å². The quantitative estimate of drug-likeness (QED) is 0.521. The van der Waals surface area contributed by atoms with Crippen molar-refractivity contribution in [1.82, 2.24) is 20.6 Å². The van der Waals surface area contributed by atoms with Crippen LogP contribution in [0.25, 0.3) is 0 Å². The van der Waals surface area contributed by atoms with Crippen molar-refractivity contribution < 1.29 is 4.74 Å². The maximum absolute atomic E-state index is 6.06. The Labute approximate surface area is 171 Å². The van der Waals surface area contributed by atoms with E-state index in [1.54, 1.807) is 18.4 Å². The van der Waals surface area contributed by atoms with Crippen LogP contribution in [0.15, 0.2) is 29.5 Å². The molecule has 1 aliphatic rings. The van der Waals surface area contributed by atoms with Gasteiger partial charge in [0.2, 0.25) is 5.88 Å². The summed E-state index contributed by atoms with van der Waals surface area (Å²) >= 11 is 1.79. The fraction of sp³-hybridized carbons (Fsp3) is 0.571. The highest BCUT2D eigenvalue weighted by atomic mass is 32.1. The average Bonchev–Trinajstić information content (AvgIpc) is 3.19. The van der Waals surface area contributed by atoms with Crippen molar-refractivity contribution in [3.63, 3.8) is 0 Å². The van der Waals surface area contributed by atoms with Crippen LogP contribution in [-0.4, -0.2) is 35.6 Å². The Morgan fingerprint density at radius 1 is 1.25 bits per heavy atom. The Bertz CT molecular complexity index is 755. The van der Waals surface area contributed by atoms with E-state index >= 15 is 0 Å². The first-order valence-electron chi connectivity index (χ1n) is 10.3. The molecule has 0 bridgehead atoms. The van der Waals surface area contributed by atoms with Crippen molar-refractivity contribution in [1.29, 1.82) is 0 Å². The maximum Gasteiger partial charge on any atom is 0.213 e. The highest BCUT2D eigenvalue weighted by molar-refractivity contribution is 7.11. The summed E-state index contributed by atoms with van der Waals surface area (Å²) in [4.78, 5) is 14.5. The number of nitrogens with zero attached hydrogens (tertiary/aromatic N) is 3. The van der Waals surface area contributed by atoms with Gasteiger partial charge in [0.05, 0.1) is 5.01 Å². The van der Waals surface area contributed by atoms with Gasteiger partial charge in [-0.1, -0.05) is 13.3 Å². The minimum absolute atomic E-state index is 0.318. The summed E-state index contributed by atoms with van der Waals surface area (Å²) in [5.74, 6) is 1.52. The van der Waals surface area contributed by atoms with Gasteiger partial charge in [0.25, 0.3) is 0 Å². The molecule has 2 N–H and O–H groups in total. The topological polar surface area (TPSA) is 71.4 Å². The van der Waals surface area contributed by atoms with Gasteiger partial charge in [-0.05, 0) is 43.7 Å². The molecule has 0 spiro atoms. The zero-order valence-electron chi connectivity index (χ0n) is 16.9. The highest BCUT2D eigenvalue weighted by Gasteiger charge is 2.15. The lowest BCUT2D eigenvalue weighted by molar-refractivity contribution is 0.148. The molecule has 1 fully saturated rings. The van der Waals surface area contributed by atoms with E-state index in [9.17, 15) is 0 Å². The first-order valence-corrected chi connectivity index (χ1v) is 11.1.